The van der Waals surface area contributed by atoms with Crippen LogP contribution < -0.4 is 24.6 Å². The Hall–Kier alpha value is -13.1. The quantitative estimate of drug-likeness (QED) is 0.0228. The van der Waals surface area contributed by atoms with Crippen LogP contribution in [0.5, 0.6) is 11.5 Å². The Morgan fingerprint density at radius 1 is 0.306 bits per heavy atom. The number of ketones is 4. The van der Waals surface area contributed by atoms with Crippen molar-refractivity contribution in [1.29, 1.82) is 0 Å². The SMILES string of the molecule is C.C=C(O)CC(CCCNC(CC(=O)O)C(=O)O)C(=O)O.CC(=O)CN(CC(=O)O)c1ccccc1OCCOc1ccccc1N(CC(=O)O)CC(=O)O.CC(=O)CN(CCN(CCN(CCN(CC(=O)O)CC(=O)O)CC(=O)O)CC(=O)O)CC(=O)O.CC(=O)CN(CCO)CCN(CC(=O)O)CC(=O)O.CC(=O)CN(CCOCCOCCN(CC(=O)O)CC(=O)O)CC(=O)O. The zero-order valence-corrected chi connectivity index (χ0v) is 74.1. The molecule has 0 bridgehead atoms. The van der Waals surface area contributed by atoms with Crippen LogP contribution in [0.2, 0.25) is 0 Å². The summed E-state index contributed by atoms with van der Waals surface area (Å²) >= 11 is 0. The van der Waals surface area contributed by atoms with Crippen LogP contribution in [-0.4, -0.2) is 492 Å². The topological polar surface area (TPSA) is 787 Å². The number of benzene rings is 2. The van der Waals surface area contributed by atoms with E-state index in [1.165, 1.54) is 66.9 Å². The maximum absolute atomic E-state index is 11.6. The molecule has 0 heterocycles. The van der Waals surface area contributed by atoms with Gasteiger partial charge in [0.2, 0.25) is 0 Å². The van der Waals surface area contributed by atoms with Gasteiger partial charge < -0.3 is 126 Å². The highest BCUT2D eigenvalue weighted by atomic mass is 16.5. The van der Waals surface area contributed by atoms with Gasteiger partial charge in [0.25, 0.3) is 0 Å². The van der Waals surface area contributed by atoms with Crippen molar-refractivity contribution in [3.05, 3.63) is 60.9 Å². The molecular formula is C81H127N11O42. The van der Waals surface area contributed by atoms with Crippen LogP contribution in [-0.2, 0) is 105 Å². The van der Waals surface area contributed by atoms with E-state index in [0.29, 0.717) is 30.1 Å². The number of hydrogen-bond donors (Lipinski definition) is 19. The van der Waals surface area contributed by atoms with E-state index in [0.717, 1.165) is 4.90 Å². The summed E-state index contributed by atoms with van der Waals surface area (Å²) in [4.78, 5) is 233. The first kappa shape index (κ1) is 127. The van der Waals surface area contributed by atoms with E-state index in [1.54, 1.807) is 53.4 Å². The van der Waals surface area contributed by atoms with Crippen molar-refractivity contribution >= 4 is 130 Å². The van der Waals surface area contributed by atoms with Crippen LogP contribution in [0, 0.1) is 5.92 Å². The van der Waals surface area contributed by atoms with E-state index in [4.69, 9.17) is 106 Å². The van der Waals surface area contributed by atoms with Crippen molar-refractivity contribution in [2.24, 2.45) is 5.92 Å². The molecule has 758 valence electrons. The molecule has 0 aliphatic carbocycles. The van der Waals surface area contributed by atoms with Gasteiger partial charge in [-0.15, -0.1) is 0 Å². The predicted octanol–water partition coefficient (Wildman–Crippen LogP) is -3.30. The second-order valence-electron chi connectivity index (χ2n) is 29.0. The number of ether oxygens (including phenoxy) is 4. The number of carbonyl (C=O) groups is 20. The maximum atomic E-state index is 11.6. The minimum absolute atomic E-state index is 0. The van der Waals surface area contributed by atoms with Gasteiger partial charge in [0.05, 0.1) is 154 Å². The van der Waals surface area contributed by atoms with Gasteiger partial charge in [0, 0.05) is 78.4 Å². The number of para-hydroxylation sites is 4. The highest BCUT2D eigenvalue weighted by Crippen LogP contribution is 2.30. The molecule has 0 saturated carbocycles. The highest BCUT2D eigenvalue weighted by Gasteiger charge is 2.27. The molecule has 0 saturated heterocycles. The Morgan fingerprint density at radius 3 is 0.843 bits per heavy atom. The number of hydrogen-bond acceptors (Lipinski definition) is 37. The first-order valence-electron chi connectivity index (χ1n) is 40.3. The van der Waals surface area contributed by atoms with E-state index in [-0.39, 0.29) is 239 Å². The number of anilines is 2. The Labute approximate surface area is 769 Å². The van der Waals surface area contributed by atoms with Gasteiger partial charge in [-0.2, -0.15) is 0 Å². The monoisotopic (exact) mass is 1930 g/mol. The van der Waals surface area contributed by atoms with E-state index in [9.17, 15) is 101 Å². The number of nitrogens with zero attached hydrogens (tertiary/aromatic N) is 10. The molecular weight excluding hydrogens is 1800 g/mol. The number of carbonyl (C=O) groups excluding carboxylic acids is 4. The smallest absolute Gasteiger partial charge is 0.323 e. The second kappa shape index (κ2) is 74.4. The highest BCUT2D eigenvalue weighted by molar-refractivity contribution is 5.86. The summed E-state index contributed by atoms with van der Waals surface area (Å²) in [6, 6.07) is 11.9. The van der Waals surface area contributed by atoms with Gasteiger partial charge in [-0.1, -0.05) is 38.3 Å². The molecule has 0 aromatic heterocycles. The molecule has 0 aliphatic heterocycles. The molecule has 0 radical (unpaired) electrons. The van der Waals surface area contributed by atoms with Crippen LogP contribution in [0.25, 0.3) is 0 Å². The van der Waals surface area contributed by atoms with E-state index in [1.807, 2.05) is 0 Å². The summed E-state index contributed by atoms with van der Waals surface area (Å²) in [5, 5.41) is 163. The number of allylic oxidation sites excluding steroid dienone is 1. The Kier molecular flexibility index (Phi) is 70.7. The fraction of sp³-hybridized carbons (Fsp3) is 0.580. The normalized spacial score (nSPS) is 11.2. The van der Waals surface area contributed by atoms with Gasteiger partial charge in [-0.25, -0.2) is 0 Å². The summed E-state index contributed by atoms with van der Waals surface area (Å²) in [7, 11) is 0. The van der Waals surface area contributed by atoms with Gasteiger partial charge in [0.15, 0.2) is 0 Å². The van der Waals surface area contributed by atoms with E-state index >= 15 is 0 Å². The lowest BCUT2D eigenvalue weighted by Gasteiger charge is -2.29. The lowest BCUT2D eigenvalue weighted by Crippen LogP contribution is -2.46. The first-order valence-corrected chi connectivity index (χ1v) is 40.3. The molecule has 134 heavy (non-hydrogen) atoms. The van der Waals surface area contributed by atoms with Crippen LogP contribution in [0.15, 0.2) is 60.9 Å². The van der Waals surface area contributed by atoms with Gasteiger partial charge in [-0.3, -0.25) is 135 Å². The van der Waals surface area contributed by atoms with Gasteiger partial charge in [0.1, 0.15) is 73.5 Å². The molecule has 2 atom stereocenters. The Balaban J connectivity index is -0.000000803. The van der Waals surface area contributed by atoms with Crippen molar-refractivity contribution in [1.82, 2.24) is 44.5 Å². The number of aliphatic carboxylic acids is 16. The van der Waals surface area contributed by atoms with E-state index in [2.05, 4.69) is 11.9 Å². The van der Waals surface area contributed by atoms with Gasteiger partial charge >= 0.3 is 95.5 Å². The molecule has 2 aromatic rings. The number of aliphatic hydroxyl groups excluding tert-OH is 2. The number of carboxylic acids is 16. The molecule has 0 aliphatic rings. The Morgan fingerprint density at radius 2 is 0.567 bits per heavy atom. The third kappa shape index (κ3) is 74.5. The van der Waals surface area contributed by atoms with Crippen LogP contribution in [0.4, 0.5) is 11.4 Å². The summed E-state index contributed by atoms with van der Waals surface area (Å²) in [5.74, 6) is -19.5. The second-order valence-corrected chi connectivity index (χ2v) is 29.0. The predicted molar refractivity (Wildman–Crippen MR) is 466 cm³/mol. The summed E-state index contributed by atoms with van der Waals surface area (Å²) in [6.45, 7) is 5.61. The fourth-order valence-corrected chi connectivity index (χ4v) is 11.6. The number of aliphatic hydroxyl groups is 2. The van der Waals surface area contributed by atoms with Crippen LogP contribution in [0.3, 0.4) is 0 Å². The standard InChI is InChI=1S/C23H26N2O9.C19H32N4O11.C15H26N2O9.C12H19NO7.C11H20N2O6.CH4/c1-16(26)12-24(13-21(27)28)17-6-2-4-8-19(17)33-10-11-34-20-9-5-3-7-18(20)25(14-22(29)30)15-23(31)32;1-14(24)8-22(11-17(29)30)6-4-20(9-15(25)26)2-3-21(10-16(27)28)5-7-23(12-18(31)32)13-19(33)34;1-12(18)8-16(9-13(19)20)2-4-25-6-7-26-5-3-17(10-14(21)22)11-15(23)24;1-7(14)5-8(11(17)18)3-2-4-13-9(12(19)20)6-10(15)16;1-9(15)6-12(4-5-14)2-3-13(7-10(16)17)8-11(18)19;/h2-9H,10-15H2,1H3,(H,27,28)(H,29,30)(H,31,32);2-13H2,1H3,(H,25,26)(H,27,28)(H,29,30)(H,31,32)(H,33,34);2-11H2,1H3,(H,19,20)(H,21,22)(H,23,24);8-9,13-14H,1-6H2,(H,15,16)(H,17,18)(H,19,20);14H,2-8H2,1H3,(H,16,17)(H,18,19);1H4. The molecule has 0 amide bonds. The van der Waals surface area contributed by atoms with Crippen molar-refractivity contribution in [2.75, 3.05) is 246 Å². The third-order valence-corrected chi connectivity index (χ3v) is 16.8. The van der Waals surface area contributed by atoms with Crippen LogP contribution >= 0.6 is 0 Å². The van der Waals surface area contributed by atoms with Crippen LogP contribution in [0.1, 0.15) is 60.8 Å². The number of Topliss-reactive ketones (excluding diaryl/α,β-unsaturated/α-hetero) is 4. The first-order chi connectivity index (χ1) is 62.2. The summed E-state index contributed by atoms with van der Waals surface area (Å²) in [5.41, 5.74) is 0.747. The Bertz CT molecular complexity index is 3710. The molecule has 2 aromatic carbocycles. The lowest BCUT2D eigenvalue weighted by atomic mass is 9.98. The number of carboxylic acid groups (broad SMARTS) is 16. The van der Waals surface area contributed by atoms with Crippen molar-refractivity contribution < 1.29 is 207 Å². The minimum atomic E-state index is -1.27. The fourth-order valence-electron chi connectivity index (χ4n) is 11.6. The molecule has 0 spiro atoms. The average molecular weight is 1930 g/mol. The average Bonchev–Trinajstić information content (AvgIpc) is 0.844. The van der Waals surface area contributed by atoms with Crippen molar-refractivity contribution in [3.8, 4) is 11.5 Å². The molecule has 2 unspecified atom stereocenters. The van der Waals surface area contributed by atoms with E-state index < -0.39 is 160 Å². The van der Waals surface area contributed by atoms with Crippen molar-refractivity contribution in [3.63, 3.8) is 0 Å². The third-order valence-electron chi connectivity index (χ3n) is 16.8. The zero-order valence-electron chi connectivity index (χ0n) is 74.1. The molecule has 2 rings (SSSR count). The number of nitrogens with one attached hydrogen (secondary N) is 1. The maximum Gasteiger partial charge on any atom is 0.323 e. The summed E-state index contributed by atoms with van der Waals surface area (Å²) in [6.07, 6.45) is -0.0487. The molecule has 53 nitrogen and oxygen atoms in total. The van der Waals surface area contributed by atoms with Crippen molar-refractivity contribution in [2.45, 2.75) is 66.8 Å². The molecule has 53 heteroatoms. The zero-order chi connectivity index (χ0) is 102. The molecule has 19 N–H and O–H groups in total. The summed E-state index contributed by atoms with van der Waals surface area (Å²) < 4.78 is 22.0. The largest absolute Gasteiger partial charge is 0.513 e. The minimum Gasteiger partial charge on any atom is -0.513 e. The number of rotatable bonds is 75. The lowest BCUT2D eigenvalue weighted by molar-refractivity contribution is -0.146. The molecule has 0 fully saturated rings. The van der Waals surface area contributed by atoms with Gasteiger partial charge in [-0.05, 0) is 71.3 Å².